The maximum Gasteiger partial charge on any atom is 0.408 e. The number of carbonyl (C=O) groups is 4. The molecule has 0 bridgehead atoms. The van der Waals surface area contributed by atoms with Gasteiger partial charge >= 0.3 is 6.09 Å². The number of hydrogen-bond donors (Lipinski definition) is 3. The molecule has 1 rings (SSSR count). The number of rotatable bonds is 13. The van der Waals surface area contributed by atoms with Crippen LogP contribution < -0.4 is 16.4 Å². The molecule has 0 aliphatic rings. The van der Waals surface area contributed by atoms with Crippen molar-refractivity contribution >= 4 is 23.8 Å². The zero-order valence-corrected chi connectivity index (χ0v) is 23.8. The summed E-state index contributed by atoms with van der Waals surface area (Å²) in [5, 5.41) is 5.61. The molecule has 0 fully saturated rings. The van der Waals surface area contributed by atoms with Gasteiger partial charge in [-0.1, -0.05) is 38.0 Å². The fourth-order valence-corrected chi connectivity index (χ4v) is 4.19. The summed E-state index contributed by atoms with van der Waals surface area (Å²) in [5.41, 5.74) is 7.07. The number of alkyl carbamates (subject to hydrolysis) is 1. The number of amides is 4. The van der Waals surface area contributed by atoms with Crippen molar-refractivity contribution in [2.75, 3.05) is 6.54 Å². The van der Waals surface area contributed by atoms with E-state index in [1.807, 2.05) is 45.9 Å². The Bertz CT molecular complexity index is 919. The van der Waals surface area contributed by atoms with Crippen molar-refractivity contribution in [2.45, 2.75) is 111 Å². The lowest BCUT2D eigenvalue weighted by molar-refractivity contribution is -0.144. The number of nitrogens with one attached hydrogen (secondary N) is 2. The highest BCUT2D eigenvalue weighted by Crippen LogP contribution is 2.30. The predicted molar refractivity (Wildman–Crippen MR) is 145 cm³/mol. The van der Waals surface area contributed by atoms with Gasteiger partial charge in [0.05, 0.1) is 0 Å². The molecule has 37 heavy (non-hydrogen) atoms. The molecule has 0 aromatic heterocycles. The van der Waals surface area contributed by atoms with Crippen LogP contribution in [-0.4, -0.2) is 52.9 Å². The summed E-state index contributed by atoms with van der Waals surface area (Å²) in [6.45, 7) is 15.2. The van der Waals surface area contributed by atoms with Gasteiger partial charge in [0.2, 0.25) is 17.7 Å². The molecule has 208 valence electrons. The van der Waals surface area contributed by atoms with Crippen molar-refractivity contribution in [2.24, 2.45) is 5.73 Å². The van der Waals surface area contributed by atoms with Crippen molar-refractivity contribution in [3.8, 4) is 0 Å². The molecule has 0 aliphatic carbocycles. The van der Waals surface area contributed by atoms with Crippen LogP contribution in [0.3, 0.4) is 0 Å². The molecule has 4 N–H and O–H groups in total. The van der Waals surface area contributed by atoms with E-state index < -0.39 is 41.6 Å². The van der Waals surface area contributed by atoms with E-state index in [2.05, 4.69) is 17.6 Å². The molecule has 2 unspecified atom stereocenters. The van der Waals surface area contributed by atoms with Crippen LogP contribution in [0.5, 0.6) is 0 Å². The van der Waals surface area contributed by atoms with Crippen molar-refractivity contribution < 1.29 is 23.9 Å². The summed E-state index contributed by atoms with van der Waals surface area (Å²) in [5.74, 6) is -1.38. The Morgan fingerprint density at radius 3 is 2.14 bits per heavy atom. The molecule has 0 saturated carbocycles. The SMILES string of the molecule is CCCCCNC(=O)C(c1c(C)cccc1C)N(C(=O)C(CCC(N)=O)NC(=O)OC(C)(C)C)C(C)C. The standard InChI is InChI=1S/C28H46N4O5/c1-9-10-11-17-30-25(34)24(23-19(4)13-12-14-20(23)5)32(18(2)3)26(35)21(15-16-22(29)33)31-27(36)37-28(6,7)8/h12-14,18,21,24H,9-11,15-17H2,1-8H3,(H2,29,33)(H,30,34)(H,31,36). The van der Waals surface area contributed by atoms with Crippen LogP contribution in [0.2, 0.25) is 0 Å². The van der Waals surface area contributed by atoms with Gasteiger partial charge in [0, 0.05) is 19.0 Å². The maximum absolute atomic E-state index is 14.0. The topological polar surface area (TPSA) is 131 Å². The number of primary amides is 1. The Morgan fingerprint density at radius 2 is 1.65 bits per heavy atom. The predicted octanol–water partition coefficient (Wildman–Crippen LogP) is 4.05. The Hall–Kier alpha value is -3.10. The Kier molecular flexibility index (Phi) is 12.6. The van der Waals surface area contributed by atoms with Crippen LogP contribution in [-0.2, 0) is 19.1 Å². The summed E-state index contributed by atoms with van der Waals surface area (Å²) >= 11 is 0. The van der Waals surface area contributed by atoms with Gasteiger partial charge in [-0.15, -0.1) is 0 Å². The van der Waals surface area contributed by atoms with E-state index in [4.69, 9.17) is 10.5 Å². The first-order valence-corrected chi connectivity index (χ1v) is 13.1. The average molecular weight is 519 g/mol. The number of nitrogens with two attached hydrogens (primary N) is 1. The summed E-state index contributed by atoms with van der Waals surface area (Å²) in [4.78, 5) is 53.4. The van der Waals surface area contributed by atoms with Crippen molar-refractivity contribution in [1.82, 2.24) is 15.5 Å². The fraction of sp³-hybridized carbons (Fsp3) is 0.643. The van der Waals surface area contributed by atoms with Crippen LogP contribution in [0.4, 0.5) is 4.79 Å². The van der Waals surface area contributed by atoms with E-state index in [0.717, 1.165) is 36.0 Å². The van der Waals surface area contributed by atoms with E-state index >= 15 is 0 Å². The van der Waals surface area contributed by atoms with Crippen molar-refractivity contribution in [3.05, 3.63) is 34.9 Å². The van der Waals surface area contributed by atoms with Crippen molar-refractivity contribution in [3.63, 3.8) is 0 Å². The van der Waals surface area contributed by atoms with E-state index in [1.54, 1.807) is 20.8 Å². The van der Waals surface area contributed by atoms with Crippen LogP contribution in [0.15, 0.2) is 18.2 Å². The summed E-state index contributed by atoms with van der Waals surface area (Å²) in [6, 6.07) is 3.30. The molecule has 2 atom stereocenters. The van der Waals surface area contributed by atoms with Gasteiger partial charge in [-0.25, -0.2) is 4.79 Å². The first kappa shape index (κ1) is 31.9. The normalized spacial score (nSPS) is 13.0. The number of benzene rings is 1. The molecule has 0 aliphatic heterocycles. The fourth-order valence-electron chi connectivity index (χ4n) is 4.19. The Balaban J connectivity index is 3.50. The van der Waals surface area contributed by atoms with E-state index in [-0.39, 0.29) is 18.7 Å². The first-order valence-electron chi connectivity index (χ1n) is 13.1. The first-order chi connectivity index (χ1) is 17.2. The highest BCUT2D eigenvalue weighted by Gasteiger charge is 2.38. The number of ether oxygens (including phenoxy) is 1. The minimum atomic E-state index is -1.11. The summed E-state index contributed by atoms with van der Waals surface area (Å²) < 4.78 is 5.36. The molecule has 0 spiro atoms. The van der Waals surface area contributed by atoms with E-state index in [9.17, 15) is 19.2 Å². The second-order valence-electron chi connectivity index (χ2n) is 10.7. The van der Waals surface area contributed by atoms with Gasteiger partial charge in [-0.05, 0) is 78.0 Å². The lowest BCUT2D eigenvalue weighted by Gasteiger charge is -2.38. The smallest absolute Gasteiger partial charge is 0.408 e. The monoisotopic (exact) mass is 518 g/mol. The van der Waals surface area contributed by atoms with Gasteiger partial charge in [0.25, 0.3) is 0 Å². The Labute approximate surface area is 221 Å². The van der Waals surface area contributed by atoms with Gasteiger partial charge in [-0.3, -0.25) is 14.4 Å². The van der Waals surface area contributed by atoms with Gasteiger partial charge in [0.15, 0.2) is 0 Å². The number of nitrogens with zero attached hydrogens (tertiary/aromatic N) is 1. The third-order valence-electron chi connectivity index (χ3n) is 5.90. The number of carbonyl (C=O) groups excluding carboxylic acids is 4. The second-order valence-corrected chi connectivity index (χ2v) is 10.7. The molecular formula is C28H46N4O5. The lowest BCUT2D eigenvalue weighted by atomic mass is 9.92. The molecule has 1 aromatic rings. The molecule has 0 heterocycles. The molecule has 9 nitrogen and oxygen atoms in total. The highest BCUT2D eigenvalue weighted by molar-refractivity contribution is 5.93. The largest absolute Gasteiger partial charge is 0.444 e. The minimum Gasteiger partial charge on any atom is -0.444 e. The van der Waals surface area contributed by atoms with Gasteiger partial charge < -0.3 is 26.0 Å². The van der Waals surface area contributed by atoms with Gasteiger partial charge in [0.1, 0.15) is 17.7 Å². The summed E-state index contributed by atoms with van der Waals surface area (Å²) in [7, 11) is 0. The van der Waals surface area contributed by atoms with Gasteiger partial charge in [-0.2, -0.15) is 0 Å². The average Bonchev–Trinajstić information content (AvgIpc) is 2.76. The number of unbranched alkanes of at least 4 members (excludes halogenated alkanes) is 2. The molecule has 0 radical (unpaired) electrons. The summed E-state index contributed by atoms with van der Waals surface area (Å²) in [6.07, 6.45) is 1.91. The third-order valence-corrected chi connectivity index (χ3v) is 5.90. The second kappa shape index (κ2) is 14.6. The molecule has 4 amide bonds. The highest BCUT2D eigenvalue weighted by atomic mass is 16.6. The zero-order chi connectivity index (χ0) is 28.3. The van der Waals surface area contributed by atoms with Crippen LogP contribution in [0.25, 0.3) is 0 Å². The van der Waals surface area contributed by atoms with Crippen LogP contribution >= 0.6 is 0 Å². The third kappa shape index (κ3) is 10.4. The lowest BCUT2D eigenvalue weighted by Crippen LogP contribution is -2.55. The molecular weight excluding hydrogens is 472 g/mol. The number of hydrogen-bond acceptors (Lipinski definition) is 5. The van der Waals surface area contributed by atoms with Crippen LogP contribution in [0, 0.1) is 13.8 Å². The van der Waals surface area contributed by atoms with Crippen LogP contribution in [0.1, 0.15) is 96.4 Å². The number of aryl methyl sites for hydroxylation is 2. The quantitative estimate of drug-likeness (QED) is 0.339. The van der Waals surface area contributed by atoms with E-state index in [0.29, 0.717) is 6.54 Å². The minimum absolute atomic E-state index is 0.0196. The zero-order valence-electron chi connectivity index (χ0n) is 23.8. The maximum atomic E-state index is 14.0. The molecule has 0 saturated heterocycles. The molecule has 1 aromatic carbocycles. The molecule has 9 heteroatoms. The Morgan fingerprint density at radius 1 is 1.05 bits per heavy atom. The van der Waals surface area contributed by atoms with E-state index in [1.165, 1.54) is 4.90 Å². The van der Waals surface area contributed by atoms with Crippen molar-refractivity contribution in [1.29, 1.82) is 0 Å².